The van der Waals surface area contributed by atoms with E-state index in [0.717, 1.165) is 0 Å². The van der Waals surface area contributed by atoms with Gasteiger partial charge in [0, 0.05) is 6.54 Å². The lowest BCUT2D eigenvalue weighted by molar-refractivity contribution is -0.146. The number of hydrogen-bond acceptors (Lipinski definition) is 4. The fourth-order valence-electron chi connectivity index (χ4n) is 3.71. The maximum Gasteiger partial charge on any atom is 0.411 e. The van der Waals surface area contributed by atoms with Gasteiger partial charge in [0.2, 0.25) is 0 Å². The monoisotopic (exact) mass is 345 g/mol. The minimum Gasteiger partial charge on any atom is -0.448 e. The Morgan fingerprint density at radius 1 is 1.13 bits per heavy atom. The highest BCUT2D eigenvalue weighted by Crippen LogP contribution is 2.38. The standard InChI is InChI=1S/C17H28ClNO4/c1-17(2,3)23-16(21)19-10-13(12-7-5-4-6-8-12)9-14(19)15(20)22-11-18/h12-14H,4-11H2,1-3H3. The van der Waals surface area contributed by atoms with Crippen LogP contribution in [0.3, 0.4) is 0 Å². The first-order valence-corrected chi connectivity index (χ1v) is 9.07. The summed E-state index contributed by atoms with van der Waals surface area (Å²) in [5.74, 6) is 0.502. The molecule has 1 saturated heterocycles. The Kier molecular flexibility index (Phi) is 6.18. The third kappa shape index (κ3) is 5.00. The largest absolute Gasteiger partial charge is 0.448 e. The van der Waals surface area contributed by atoms with E-state index < -0.39 is 23.7 Å². The molecule has 1 saturated carbocycles. The van der Waals surface area contributed by atoms with Gasteiger partial charge in [-0.15, -0.1) is 0 Å². The van der Waals surface area contributed by atoms with E-state index in [-0.39, 0.29) is 6.07 Å². The molecule has 1 aliphatic heterocycles. The van der Waals surface area contributed by atoms with Crippen molar-refractivity contribution >= 4 is 23.7 Å². The molecule has 2 aliphatic rings. The van der Waals surface area contributed by atoms with Crippen molar-refractivity contribution in [2.75, 3.05) is 12.6 Å². The number of carbonyl (C=O) groups excluding carboxylic acids is 2. The average Bonchev–Trinajstić information content (AvgIpc) is 2.92. The average molecular weight is 346 g/mol. The number of likely N-dealkylation sites (tertiary alicyclic amines) is 1. The van der Waals surface area contributed by atoms with Crippen molar-refractivity contribution < 1.29 is 19.1 Å². The molecule has 0 bridgehead atoms. The first kappa shape index (κ1) is 18.4. The van der Waals surface area contributed by atoms with Crippen molar-refractivity contribution in [2.24, 2.45) is 11.8 Å². The van der Waals surface area contributed by atoms with Crippen LogP contribution in [0, 0.1) is 11.8 Å². The number of amides is 1. The minimum atomic E-state index is -0.582. The van der Waals surface area contributed by atoms with Gasteiger partial charge in [-0.1, -0.05) is 43.7 Å². The number of hydrogen-bond donors (Lipinski definition) is 0. The quantitative estimate of drug-likeness (QED) is 0.574. The van der Waals surface area contributed by atoms with Gasteiger partial charge in [-0.3, -0.25) is 4.90 Å². The number of carbonyl (C=O) groups is 2. The fourth-order valence-corrected chi connectivity index (χ4v) is 3.82. The zero-order valence-electron chi connectivity index (χ0n) is 14.3. The minimum absolute atomic E-state index is 0.189. The highest BCUT2D eigenvalue weighted by Gasteiger charge is 2.44. The van der Waals surface area contributed by atoms with Gasteiger partial charge in [-0.2, -0.15) is 0 Å². The summed E-state index contributed by atoms with van der Waals surface area (Å²) in [5, 5.41) is 0. The van der Waals surface area contributed by atoms with E-state index in [4.69, 9.17) is 21.1 Å². The normalized spacial score (nSPS) is 26.2. The Bertz CT molecular complexity index is 429. The van der Waals surface area contributed by atoms with E-state index in [2.05, 4.69) is 0 Å². The molecule has 0 N–H and O–H groups in total. The van der Waals surface area contributed by atoms with Gasteiger partial charge in [0.25, 0.3) is 0 Å². The summed E-state index contributed by atoms with van der Waals surface area (Å²) in [6.07, 6.45) is 6.35. The van der Waals surface area contributed by atoms with E-state index in [1.165, 1.54) is 32.1 Å². The van der Waals surface area contributed by atoms with Crippen LogP contribution in [0.1, 0.15) is 59.3 Å². The number of halogens is 1. The Hall–Kier alpha value is -0.970. The Morgan fingerprint density at radius 2 is 1.78 bits per heavy atom. The molecule has 0 spiro atoms. The first-order chi connectivity index (χ1) is 10.8. The molecule has 1 amide bonds. The molecule has 0 aromatic heterocycles. The highest BCUT2D eigenvalue weighted by atomic mass is 35.5. The van der Waals surface area contributed by atoms with Crippen LogP contribution in [0.25, 0.3) is 0 Å². The van der Waals surface area contributed by atoms with Crippen molar-refractivity contribution in [3.8, 4) is 0 Å². The molecule has 0 radical (unpaired) electrons. The lowest BCUT2D eigenvalue weighted by Gasteiger charge is -2.28. The zero-order chi connectivity index (χ0) is 17.0. The molecule has 2 fully saturated rings. The first-order valence-electron chi connectivity index (χ1n) is 8.54. The van der Waals surface area contributed by atoms with E-state index in [0.29, 0.717) is 24.8 Å². The predicted octanol–water partition coefficient (Wildman–Crippen LogP) is 3.93. The van der Waals surface area contributed by atoms with Gasteiger partial charge in [-0.05, 0) is 39.0 Å². The molecule has 2 unspecified atom stereocenters. The van der Waals surface area contributed by atoms with Crippen LogP contribution in [0.4, 0.5) is 4.79 Å². The summed E-state index contributed by atoms with van der Waals surface area (Å²) in [7, 11) is 0. The topological polar surface area (TPSA) is 55.8 Å². The van der Waals surface area contributed by atoms with Crippen LogP contribution in [-0.4, -0.2) is 41.2 Å². The summed E-state index contributed by atoms with van der Waals surface area (Å²) >= 11 is 5.52. The summed E-state index contributed by atoms with van der Waals surface area (Å²) in [6.45, 7) is 6.05. The number of alkyl halides is 1. The molecule has 6 heteroatoms. The molecule has 1 aliphatic carbocycles. The van der Waals surface area contributed by atoms with Crippen molar-refractivity contribution in [3.63, 3.8) is 0 Å². The van der Waals surface area contributed by atoms with Crippen molar-refractivity contribution in [2.45, 2.75) is 70.9 Å². The molecule has 0 aromatic carbocycles. The lowest BCUT2D eigenvalue weighted by Crippen LogP contribution is -2.44. The van der Waals surface area contributed by atoms with Gasteiger partial charge in [-0.25, -0.2) is 9.59 Å². The summed E-state index contributed by atoms with van der Waals surface area (Å²) in [5.41, 5.74) is -0.582. The molecular weight excluding hydrogens is 318 g/mol. The SMILES string of the molecule is CC(C)(C)OC(=O)N1CC(C2CCCCC2)CC1C(=O)OCCl. The number of rotatable bonds is 3. The van der Waals surface area contributed by atoms with Crippen LogP contribution in [0.5, 0.6) is 0 Å². The third-order valence-electron chi connectivity index (χ3n) is 4.75. The van der Waals surface area contributed by atoms with Gasteiger partial charge in [0.1, 0.15) is 11.6 Å². The molecule has 132 valence electrons. The maximum atomic E-state index is 12.5. The van der Waals surface area contributed by atoms with Crippen LogP contribution in [0.2, 0.25) is 0 Å². The van der Waals surface area contributed by atoms with E-state index in [1.54, 1.807) is 4.90 Å². The van der Waals surface area contributed by atoms with Gasteiger partial charge < -0.3 is 9.47 Å². The second kappa shape index (κ2) is 7.73. The van der Waals surface area contributed by atoms with Crippen molar-refractivity contribution in [1.82, 2.24) is 4.90 Å². The lowest BCUT2D eigenvalue weighted by atomic mass is 9.79. The van der Waals surface area contributed by atoms with E-state index >= 15 is 0 Å². The molecular formula is C17H28ClNO4. The van der Waals surface area contributed by atoms with Crippen molar-refractivity contribution in [1.29, 1.82) is 0 Å². The summed E-state index contributed by atoms with van der Waals surface area (Å²) < 4.78 is 10.4. The number of nitrogens with zero attached hydrogens (tertiary/aromatic N) is 1. The van der Waals surface area contributed by atoms with Gasteiger partial charge in [0.05, 0.1) is 0 Å². The molecule has 23 heavy (non-hydrogen) atoms. The highest BCUT2D eigenvalue weighted by molar-refractivity contribution is 6.17. The van der Waals surface area contributed by atoms with E-state index in [9.17, 15) is 9.59 Å². The molecule has 2 atom stereocenters. The Balaban J connectivity index is 2.08. The van der Waals surface area contributed by atoms with Gasteiger partial charge in [0.15, 0.2) is 6.07 Å². The Labute approximate surface area is 143 Å². The second-order valence-electron chi connectivity index (χ2n) is 7.61. The number of ether oxygens (including phenoxy) is 2. The Morgan fingerprint density at radius 3 is 2.35 bits per heavy atom. The van der Waals surface area contributed by atoms with Gasteiger partial charge >= 0.3 is 12.1 Å². The number of esters is 1. The van der Waals surface area contributed by atoms with Crippen LogP contribution in [-0.2, 0) is 14.3 Å². The molecule has 0 aromatic rings. The van der Waals surface area contributed by atoms with Crippen molar-refractivity contribution in [3.05, 3.63) is 0 Å². The van der Waals surface area contributed by atoms with Crippen LogP contribution >= 0.6 is 11.6 Å². The fraction of sp³-hybridized carbons (Fsp3) is 0.882. The summed E-state index contributed by atoms with van der Waals surface area (Å²) in [4.78, 5) is 26.2. The third-order valence-corrected chi connectivity index (χ3v) is 4.86. The smallest absolute Gasteiger partial charge is 0.411 e. The van der Waals surface area contributed by atoms with E-state index in [1.807, 2.05) is 20.8 Å². The molecule has 5 nitrogen and oxygen atoms in total. The predicted molar refractivity (Wildman–Crippen MR) is 88.2 cm³/mol. The maximum absolute atomic E-state index is 12.5. The zero-order valence-corrected chi connectivity index (χ0v) is 15.1. The molecule has 1 heterocycles. The van der Waals surface area contributed by atoms with Crippen LogP contribution < -0.4 is 0 Å². The molecule has 2 rings (SSSR count). The summed E-state index contributed by atoms with van der Waals surface area (Å²) in [6, 6.07) is -0.762. The second-order valence-corrected chi connectivity index (χ2v) is 7.83. The van der Waals surface area contributed by atoms with Crippen LogP contribution in [0.15, 0.2) is 0 Å².